The van der Waals surface area contributed by atoms with Crippen LogP contribution in [0.1, 0.15) is 47.0 Å². The van der Waals surface area contributed by atoms with Gasteiger partial charge in [-0.25, -0.2) is 14.4 Å². The minimum atomic E-state index is -2.57. The standard InChI is InChI=1S/C13H22O7/c1-5-8(4)13(10(16)17,11(18)19)20-12(6-2,7-3)9(14)15/h8H,5-7H2,1-4H3,(H,14,15)(H,16,17)(H,18,19). The minimum absolute atomic E-state index is 0.0302. The van der Waals surface area contributed by atoms with E-state index in [1.807, 2.05) is 0 Å². The second-order valence-electron chi connectivity index (χ2n) is 4.76. The van der Waals surface area contributed by atoms with Crippen LogP contribution in [0.3, 0.4) is 0 Å². The first kappa shape index (κ1) is 18.4. The van der Waals surface area contributed by atoms with Gasteiger partial charge in [-0.15, -0.1) is 0 Å². The van der Waals surface area contributed by atoms with Crippen molar-refractivity contribution < 1.29 is 34.4 Å². The highest BCUT2D eigenvalue weighted by Crippen LogP contribution is 2.34. The van der Waals surface area contributed by atoms with Crippen LogP contribution >= 0.6 is 0 Å². The van der Waals surface area contributed by atoms with Crippen LogP contribution in [0.4, 0.5) is 0 Å². The van der Waals surface area contributed by atoms with Gasteiger partial charge in [-0.3, -0.25) is 0 Å². The summed E-state index contributed by atoms with van der Waals surface area (Å²) >= 11 is 0. The van der Waals surface area contributed by atoms with Crippen molar-refractivity contribution in [3.8, 4) is 0 Å². The Kier molecular flexibility index (Phi) is 6.15. The van der Waals surface area contributed by atoms with Crippen LogP contribution in [0.2, 0.25) is 0 Å². The summed E-state index contributed by atoms with van der Waals surface area (Å²) in [6, 6.07) is 0. The fourth-order valence-corrected chi connectivity index (χ4v) is 2.04. The first-order valence-corrected chi connectivity index (χ1v) is 6.54. The Morgan fingerprint density at radius 2 is 1.35 bits per heavy atom. The maximum absolute atomic E-state index is 11.5. The van der Waals surface area contributed by atoms with E-state index >= 15 is 0 Å². The smallest absolute Gasteiger partial charge is 0.348 e. The van der Waals surface area contributed by atoms with E-state index in [1.165, 1.54) is 20.8 Å². The molecule has 7 heteroatoms. The van der Waals surface area contributed by atoms with Crippen molar-refractivity contribution in [3.05, 3.63) is 0 Å². The molecule has 116 valence electrons. The van der Waals surface area contributed by atoms with Crippen LogP contribution in [0.15, 0.2) is 0 Å². The summed E-state index contributed by atoms with van der Waals surface area (Å²) in [6.45, 7) is 6.07. The molecule has 0 aliphatic heterocycles. The van der Waals surface area contributed by atoms with Gasteiger partial charge in [0.15, 0.2) is 5.60 Å². The fourth-order valence-electron chi connectivity index (χ4n) is 2.04. The molecule has 0 spiro atoms. The van der Waals surface area contributed by atoms with Gasteiger partial charge in [0, 0.05) is 5.92 Å². The Hall–Kier alpha value is -1.63. The number of ether oxygens (including phenoxy) is 1. The van der Waals surface area contributed by atoms with Gasteiger partial charge in [0.05, 0.1) is 0 Å². The van der Waals surface area contributed by atoms with Crippen molar-refractivity contribution in [1.29, 1.82) is 0 Å². The number of rotatable bonds is 9. The quantitative estimate of drug-likeness (QED) is 0.551. The van der Waals surface area contributed by atoms with E-state index in [0.29, 0.717) is 0 Å². The van der Waals surface area contributed by atoms with Gasteiger partial charge >= 0.3 is 17.9 Å². The Bertz CT molecular complexity index is 370. The van der Waals surface area contributed by atoms with Gasteiger partial charge < -0.3 is 20.1 Å². The first-order valence-electron chi connectivity index (χ1n) is 6.54. The Labute approximate surface area is 117 Å². The molecule has 0 aromatic carbocycles. The van der Waals surface area contributed by atoms with Gasteiger partial charge in [0.25, 0.3) is 5.60 Å². The molecule has 0 aliphatic rings. The fraction of sp³-hybridized carbons (Fsp3) is 0.769. The molecule has 0 amide bonds. The lowest BCUT2D eigenvalue weighted by Crippen LogP contribution is -2.60. The molecule has 0 bridgehead atoms. The molecular formula is C13H22O7. The topological polar surface area (TPSA) is 121 Å². The van der Waals surface area contributed by atoms with Crippen LogP contribution in [0.25, 0.3) is 0 Å². The van der Waals surface area contributed by atoms with Crippen molar-refractivity contribution in [3.63, 3.8) is 0 Å². The molecule has 0 aliphatic carbocycles. The third-order valence-electron chi connectivity index (χ3n) is 3.83. The lowest BCUT2D eigenvalue weighted by Gasteiger charge is -2.38. The van der Waals surface area contributed by atoms with E-state index in [9.17, 15) is 29.7 Å². The lowest BCUT2D eigenvalue weighted by molar-refractivity contribution is -0.223. The maximum atomic E-state index is 11.5. The minimum Gasteiger partial charge on any atom is -0.479 e. The number of carboxylic acids is 3. The molecular weight excluding hydrogens is 268 g/mol. The monoisotopic (exact) mass is 290 g/mol. The molecule has 0 aromatic heterocycles. The third kappa shape index (κ3) is 2.92. The molecule has 0 rings (SSSR count). The van der Waals surface area contributed by atoms with Gasteiger partial charge in [-0.1, -0.05) is 27.7 Å². The Morgan fingerprint density at radius 3 is 1.55 bits per heavy atom. The molecule has 0 heterocycles. The number of aliphatic carboxylic acids is 3. The summed E-state index contributed by atoms with van der Waals surface area (Å²) in [6.07, 6.45) is 0.164. The zero-order valence-electron chi connectivity index (χ0n) is 12.2. The molecule has 0 radical (unpaired) electrons. The second-order valence-corrected chi connectivity index (χ2v) is 4.76. The van der Waals surface area contributed by atoms with E-state index in [4.69, 9.17) is 4.74 Å². The Morgan fingerprint density at radius 1 is 0.950 bits per heavy atom. The molecule has 7 nitrogen and oxygen atoms in total. The number of hydrogen-bond acceptors (Lipinski definition) is 4. The van der Waals surface area contributed by atoms with Gasteiger partial charge in [-0.05, 0) is 19.3 Å². The zero-order valence-corrected chi connectivity index (χ0v) is 12.2. The normalized spacial score (nSPS) is 13.8. The largest absolute Gasteiger partial charge is 0.479 e. The summed E-state index contributed by atoms with van der Waals surface area (Å²) in [5.41, 5.74) is -4.40. The van der Waals surface area contributed by atoms with Gasteiger partial charge in [-0.2, -0.15) is 0 Å². The SMILES string of the molecule is CCC(C)C(OC(CC)(CC)C(=O)O)(C(=O)O)C(=O)O. The van der Waals surface area contributed by atoms with Crippen molar-refractivity contribution in [2.75, 3.05) is 0 Å². The summed E-state index contributed by atoms with van der Waals surface area (Å²) in [7, 11) is 0. The molecule has 0 saturated carbocycles. The lowest BCUT2D eigenvalue weighted by atomic mass is 9.84. The molecule has 0 saturated heterocycles. The summed E-state index contributed by atoms with van der Waals surface area (Å²) < 4.78 is 5.26. The van der Waals surface area contributed by atoms with Crippen LogP contribution < -0.4 is 0 Å². The molecule has 0 aromatic rings. The van der Waals surface area contributed by atoms with Crippen molar-refractivity contribution >= 4 is 17.9 Å². The highest BCUT2D eigenvalue weighted by Gasteiger charge is 2.58. The van der Waals surface area contributed by atoms with Gasteiger partial charge in [0.1, 0.15) is 0 Å². The van der Waals surface area contributed by atoms with E-state index in [0.717, 1.165) is 0 Å². The predicted octanol–water partition coefficient (Wildman–Crippen LogP) is 1.60. The zero-order chi connectivity index (χ0) is 16.1. The molecule has 0 fully saturated rings. The highest BCUT2D eigenvalue weighted by molar-refractivity contribution is 6.02. The maximum Gasteiger partial charge on any atom is 0.348 e. The number of carbonyl (C=O) groups is 3. The number of hydrogen-bond donors (Lipinski definition) is 3. The highest BCUT2D eigenvalue weighted by atomic mass is 16.6. The van der Waals surface area contributed by atoms with Crippen LogP contribution in [-0.4, -0.2) is 44.4 Å². The summed E-state index contributed by atoms with van der Waals surface area (Å²) in [5.74, 6) is -5.62. The Balaban J connectivity index is 5.96. The van der Waals surface area contributed by atoms with Crippen LogP contribution in [0, 0.1) is 5.92 Å². The van der Waals surface area contributed by atoms with Gasteiger partial charge in [0.2, 0.25) is 0 Å². The summed E-state index contributed by atoms with van der Waals surface area (Å²) in [4.78, 5) is 34.4. The van der Waals surface area contributed by atoms with Crippen molar-refractivity contribution in [1.82, 2.24) is 0 Å². The van der Waals surface area contributed by atoms with E-state index in [2.05, 4.69) is 0 Å². The first-order chi connectivity index (χ1) is 9.14. The predicted molar refractivity (Wildman–Crippen MR) is 69.5 cm³/mol. The third-order valence-corrected chi connectivity index (χ3v) is 3.83. The molecule has 20 heavy (non-hydrogen) atoms. The van der Waals surface area contributed by atoms with E-state index < -0.39 is 35.0 Å². The van der Waals surface area contributed by atoms with Crippen LogP contribution in [0.5, 0.6) is 0 Å². The van der Waals surface area contributed by atoms with Crippen molar-refractivity contribution in [2.24, 2.45) is 5.92 Å². The van der Waals surface area contributed by atoms with Crippen LogP contribution in [-0.2, 0) is 19.1 Å². The molecule has 3 N–H and O–H groups in total. The molecule has 1 atom stereocenters. The second kappa shape index (κ2) is 6.69. The van der Waals surface area contributed by atoms with E-state index in [-0.39, 0.29) is 19.3 Å². The average Bonchev–Trinajstić information content (AvgIpc) is 2.38. The number of carboxylic acid groups (broad SMARTS) is 3. The average molecular weight is 290 g/mol. The van der Waals surface area contributed by atoms with Crippen molar-refractivity contribution in [2.45, 2.75) is 58.2 Å². The summed E-state index contributed by atoms with van der Waals surface area (Å²) in [5, 5.41) is 28.0. The molecule has 1 unspecified atom stereocenters. The van der Waals surface area contributed by atoms with E-state index in [1.54, 1.807) is 6.92 Å².